The Kier molecular flexibility index (Phi) is 4.61. The minimum Gasteiger partial charge on any atom is -0.247 e. The molecule has 0 saturated heterocycles. The summed E-state index contributed by atoms with van der Waals surface area (Å²) in [6.45, 7) is 2.11. The van der Waals surface area contributed by atoms with E-state index in [1.54, 1.807) is 0 Å². The first kappa shape index (κ1) is 16.7. The number of rotatable bonds is 2. The van der Waals surface area contributed by atoms with E-state index in [9.17, 15) is 0 Å². The monoisotopic (exact) mass is 499 g/mol. The van der Waals surface area contributed by atoms with E-state index >= 15 is 0 Å². The van der Waals surface area contributed by atoms with Crippen molar-refractivity contribution < 1.29 is 0 Å². The molecular weight excluding hydrogens is 485 g/mol. The maximum absolute atomic E-state index is 4.97. The molecule has 0 aliphatic heterocycles. The van der Waals surface area contributed by atoms with Crippen LogP contribution < -0.4 is 0 Å². The van der Waals surface area contributed by atoms with Crippen LogP contribution in [0.25, 0.3) is 33.3 Å². The molecule has 0 spiro atoms. The van der Waals surface area contributed by atoms with E-state index in [-0.39, 0.29) is 0 Å². The minimum absolute atomic E-state index is 1.01. The molecule has 4 aromatic rings. The molecule has 0 atom stereocenters. The van der Waals surface area contributed by atoms with Gasteiger partial charge in [0.2, 0.25) is 0 Å². The van der Waals surface area contributed by atoms with Gasteiger partial charge in [-0.15, -0.1) is 0 Å². The summed E-state index contributed by atoms with van der Waals surface area (Å²) in [5.74, 6) is 0. The third kappa shape index (κ3) is 3.23. The van der Waals surface area contributed by atoms with Crippen molar-refractivity contribution in [3.05, 3.63) is 86.4 Å². The number of hydrogen-bond donors (Lipinski definition) is 0. The maximum atomic E-state index is 4.97. The van der Waals surface area contributed by atoms with Crippen molar-refractivity contribution in [3.8, 4) is 22.4 Å². The number of aromatic nitrogens is 1. The third-order valence-electron chi connectivity index (χ3n) is 4.28. The Bertz CT molecular complexity index is 1060. The van der Waals surface area contributed by atoms with E-state index in [0.717, 1.165) is 21.2 Å². The Morgan fingerprint density at radius 1 is 0.840 bits per heavy atom. The smallest absolute Gasteiger partial charge is 0.0849 e. The van der Waals surface area contributed by atoms with Crippen LogP contribution in [0.3, 0.4) is 0 Å². The maximum Gasteiger partial charge on any atom is 0.0849 e. The lowest BCUT2D eigenvalue weighted by Gasteiger charge is -2.14. The van der Waals surface area contributed by atoms with Crippen LogP contribution >= 0.6 is 38.5 Å². The van der Waals surface area contributed by atoms with Crippen molar-refractivity contribution in [1.29, 1.82) is 0 Å². The molecule has 0 unspecified atom stereocenters. The van der Waals surface area contributed by atoms with Crippen molar-refractivity contribution in [1.82, 2.24) is 4.98 Å². The summed E-state index contributed by atoms with van der Waals surface area (Å²) in [6, 6.07) is 25.4. The predicted molar refractivity (Wildman–Crippen MR) is 118 cm³/mol. The van der Waals surface area contributed by atoms with Gasteiger partial charge >= 0.3 is 0 Å². The summed E-state index contributed by atoms with van der Waals surface area (Å²) in [7, 11) is 0. The standard InChI is InChI=1S/C22H15BrIN/c1-14-7-9-16(10-8-14)22-21(24)20(15-5-3-2-4-6-15)18-13-17(23)11-12-19(18)25-22/h2-13H,1H3. The number of nitrogens with zero attached hydrogens (tertiary/aromatic N) is 1. The topological polar surface area (TPSA) is 12.9 Å². The van der Waals surface area contributed by atoms with Crippen LogP contribution in [0.1, 0.15) is 5.56 Å². The molecule has 0 N–H and O–H groups in total. The number of hydrogen-bond acceptors (Lipinski definition) is 1. The van der Waals surface area contributed by atoms with Crippen molar-refractivity contribution in [2.75, 3.05) is 0 Å². The van der Waals surface area contributed by atoms with Crippen LogP contribution in [0, 0.1) is 10.5 Å². The molecule has 1 aromatic heterocycles. The minimum atomic E-state index is 1.01. The molecule has 4 rings (SSSR count). The average Bonchev–Trinajstić information content (AvgIpc) is 2.63. The Balaban J connectivity index is 2.08. The molecular formula is C22H15BrIN. The van der Waals surface area contributed by atoms with Crippen LogP contribution in [0.2, 0.25) is 0 Å². The second kappa shape index (κ2) is 6.89. The second-order valence-corrected chi connectivity index (χ2v) is 8.04. The zero-order valence-corrected chi connectivity index (χ0v) is 17.4. The number of halogens is 2. The third-order valence-corrected chi connectivity index (χ3v) is 5.82. The van der Waals surface area contributed by atoms with Gasteiger partial charge in [-0.05, 0) is 53.3 Å². The van der Waals surface area contributed by atoms with E-state index in [0.29, 0.717) is 0 Å². The number of fused-ring (bicyclic) bond motifs is 1. The number of benzene rings is 3. The van der Waals surface area contributed by atoms with E-state index in [2.05, 4.69) is 118 Å². The van der Waals surface area contributed by atoms with Gasteiger partial charge in [-0.1, -0.05) is 76.1 Å². The summed E-state index contributed by atoms with van der Waals surface area (Å²) in [6.07, 6.45) is 0. The molecule has 0 aliphatic carbocycles. The highest BCUT2D eigenvalue weighted by atomic mass is 127. The van der Waals surface area contributed by atoms with Gasteiger partial charge in [0.25, 0.3) is 0 Å². The zero-order chi connectivity index (χ0) is 17.4. The molecule has 0 radical (unpaired) electrons. The fourth-order valence-electron chi connectivity index (χ4n) is 3.00. The van der Waals surface area contributed by atoms with Crippen LogP contribution in [0.15, 0.2) is 77.3 Å². The lowest BCUT2D eigenvalue weighted by Crippen LogP contribution is -1.95. The van der Waals surface area contributed by atoms with Gasteiger partial charge in [0.15, 0.2) is 0 Å². The summed E-state index contributed by atoms with van der Waals surface area (Å²) < 4.78 is 2.25. The molecule has 3 aromatic carbocycles. The van der Waals surface area contributed by atoms with E-state index in [4.69, 9.17) is 4.98 Å². The van der Waals surface area contributed by atoms with Gasteiger partial charge in [-0.25, -0.2) is 4.98 Å². The molecule has 0 amide bonds. The molecule has 122 valence electrons. The fourth-order valence-corrected chi connectivity index (χ4v) is 4.40. The summed E-state index contributed by atoms with van der Waals surface area (Å²) >= 11 is 6.04. The van der Waals surface area contributed by atoms with Gasteiger partial charge in [-0.3, -0.25) is 0 Å². The van der Waals surface area contributed by atoms with Crippen molar-refractivity contribution in [3.63, 3.8) is 0 Å². The van der Waals surface area contributed by atoms with E-state index in [1.165, 1.54) is 25.6 Å². The largest absolute Gasteiger partial charge is 0.247 e. The van der Waals surface area contributed by atoms with Gasteiger partial charge in [0.1, 0.15) is 0 Å². The Hall–Kier alpha value is -1.72. The molecule has 25 heavy (non-hydrogen) atoms. The molecule has 0 saturated carbocycles. The first-order valence-corrected chi connectivity index (χ1v) is 9.92. The van der Waals surface area contributed by atoms with Gasteiger partial charge in [-0.2, -0.15) is 0 Å². The molecule has 1 nitrogen and oxygen atoms in total. The van der Waals surface area contributed by atoms with Gasteiger partial charge in [0.05, 0.1) is 11.2 Å². The molecule has 0 fully saturated rings. The first-order valence-electron chi connectivity index (χ1n) is 8.05. The van der Waals surface area contributed by atoms with Crippen molar-refractivity contribution >= 4 is 49.4 Å². The summed E-state index contributed by atoms with van der Waals surface area (Å²) in [5.41, 5.74) is 6.91. The van der Waals surface area contributed by atoms with Crippen LogP contribution in [-0.2, 0) is 0 Å². The first-order chi connectivity index (χ1) is 12.1. The molecule has 1 heterocycles. The SMILES string of the molecule is Cc1ccc(-c2nc3ccc(Br)cc3c(-c3ccccc3)c2I)cc1. The fraction of sp³-hybridized carbons (Fsp3) is 0.0455. The zero-order valence-electron chi connectivity index (χ0n) is 13.6. The number of pyridine rings is 1. The molecule has 3 heteroatoms. The van der Waals surface area contributed by atoms with Gasteiger partial charge < -0.3 is 0 Å². The van der Waals surface area contributed by atoms with E-state index < -0.39 is 0 Å². The molecule has 0 aliphatic rings. The quantitative estimate of drug-likeness (QED) is 0.265. The van der Waals surface area contributed by atoms with E-state index in [1.807, 2.05) is 0 Å². The second-order valence-electron chi connectivity index (χ2n) is 6.04. The average molecular weight is 500 g/mol. The van der Waals surface area contributed by atoms with Gasteiger partial charge in [0, 0.05) is 24.6 Å². The summed E-state index contributed by atoms with van der Waals surface area (Å²) in [4.78, 5) is 4.97. The summed E-state index contributed by atoms with van der Waals surface area (Å²) in [5, 5.41) is 1.17. The highest BCUT2D eigenvalue weighted by Gasteiger charge is 2.16. The Morgan fingerprint density at radius 2 is 1.56 bits per heavy atom. The highest BCUT2D eigenvalue weighted by Crippen LogP contribution is 2.38. The highest BCUT2D eigenvalue weighted by molar-refractivity contribution is 14.1. The van der Waals surface area contributed by atoms with Crippen molar-refractivity contribution in [2.45, 2.75) is 6.92 Å². The van der Waals surface area contributed by atoms with Crippen molar-refractivity contribution in [2.24, 2.45) is 0 Å². The lowest BCUT2D eigenvalue weighted by atomic mass is 9.98. The van der Waals surface area contributed by atoms with Crippen LogP contribution in [0.4, 0.5) is 0 Å². The normalized spacial score (nSPS) is 11.0. The van der Waals surface area contributed by atoms with Crippen LogP contribution in [-0.4, -0.2) is 4.98 Å². The Labute approximate surface area is 169 Å². The predicted octanol–water partition coefficient (Wildman–Crippen LogP) is 7.24. The Morgan fingerprint density at radius 3 is 2.28 bits per heavy atom. The van der Waals surface area contributed by atoms with Crippen LogP contribution in [0.5, 0.6) is 0 Å². The lowest BCUT2D eigenvalue weighted by molar-refractivity contribution is 1.36. The molecule has 0 bridgehead atoms. The number of aryl methyl sites for hydroxylation is 1.